The van der Waals surface area contributed by atoms with E-state index in [0.29, 0.717) is 87.8 Å². The van der Waals surface area contributed by atoms with E-state index >= 15 is 0 Å². The van der Waals surface area contributed by atoms with Crippen LogP contribution in [-0.2, 0) is 67.9 Å². The minimum atomic E-state index is -3.85. The number of fused-ring (bicyclic) bond motifs is 6. The highest BCUT2D eigenvalue weighted by atomic mass is 32.2. The van der Waals surface area contributed by atoms with Gasteiger partial charge in [0.2, 0.25) is 55.4 Å². The average molecular weight is 1530 g/mol. The Kier molecular flexibility index (Phi) is 24.7. The van der Waals surface area contributed by atoms with Crippen LogP contribution < -0.4 is 28.4 Å². The van der Waals surface area contributed by atoms with Crippen molar-refractivity contribution in [2.45, 2.75) is 245 Å². The molecule has 4 aliphatic carbocycles. The van der Waals surface area contributed by atoms with Crippen molar-refractivity contribution in [1.82, 2.24) is 29.2 Å². The number of benzene rings is 2. The Morgan fingerprint density at radius 1 is 0.528 bits per heavy atom. The number of hydrogen-bond acceptors (Lipinski definition) is 20. The maximum Gasteiger partial charge on any atom is 0.307 e. The molecule has 6 fully saturated rings. The fourth-order valence-corrected chi connectivity index (χ4v) is 19.2. The fraction of sp³-hybridized carbons (Fsp3) is 0.634. The lowest BCUT2D eigenvalue weighted by atomic mass is 9.82. The molecular weight excluding hydrogens is 1420 g/mol. The highest BCUT2D eigenvalue weighted by Crippen LogP contribution is 2.59. The molecule has 108 heavy (non-hydrogen) atoms. The van der Waals surface area contributed by atoms with Crippen LogP contribution in [0.4, 0.5) is 0 Å². The van der Waals surface area contributed by atoms with E-state index in [1.165, 1.54) is 9.80 Å². The molecule has 26 heteroatoms. The highest BCUT2D eigenvalue weighted by Gasteiger charge is 2.63. The summed E-state index contributed by atoms with van der Waals surface area (Å²) in [5.74, 6) is -3.95. The molecule has 2 N–H and O–H groups in total. The number of nitrogens with one attached hydrogen (secondary N) is 2. The number of aromatic nitrogens is 2. The number of rotatable bonds is 18. The molecule has 0 spiro atoms. The van der Waals surface area contributed by atoms with Gasteiger partial charge in [-0.3, -0.25) is 47.8 Å². The zero-order valence-electron chi connectivity index (χ0n) is 64.7. The second kappa shape index (κ2) is 32.9. The van der Waals surface area contributed by atoms with Crippen molar-refractivity contribution < 1.29 is 83.6 Å². The number of nitrogens with zero attached hydrogens (tertiary/aromatic N) is 4. The van der Waals surface area contributed by atoms with Crippen LogP contribution in [0.5, 0.6) is 23.3 Å². The molecule has 0 unspecified atom stereocenters. The molecule has 12 rings (SSSR count). The number of esters is 2. The lowest BCUT2D eigenvalue weighted by Gasteiger charge is -2.32. The molecule has 0 bridgehead atoms. The summed E-state index contributed by atoms with van der Waals surface area (Å²) < 4.78 is 92.2. The van der Waals surface area contributed by atoms with Gasteiger partial charge in [0.05, 0.1) is 96.8 Å². The van der Waals surface area contributed by atoms with Crippen LogP contribution in [0.15, 0.2) is 85.2 Å². The number of ketones is 2. The Hall–Kier alpha value is -8.00. The number of sulfonamides is 2. The summed E-state index contributed by atoms with van der Waals surface area (Å²) >= 11 is 0. The standard InChI is InChI=1S/2C41H55N3O9S/c2*1-7-51-35-23-42-37(31-15-11-10-14-30(31)35)52-28-19-33-34(45)22-41(39(48)43-54(49,50)29-16-17-29)21-27(41)13-9-8-12-25(2)18-26(3)32(38(47)44(33)24-28)20-36(46)53-40(4,5)6/h2*9-11,13-15,23,25-29,32-33H,7-8,12,16-22,24H2,1-6H3,(H,43,48)/b2*13-9-/t25-,26+,27+,28+,32-,33-,41+;25-,26-,27-,28-,32+,33+,41-/m01/s1. The second-order valence-electron chi connectivity index (χ2n) is 33.8. The van der Waals surface area contributed by atoms with Crippen LogP contribution in [0, 0.1) is 58.2 Å². The first-order valence-electron chi connectivity index (χ1n) is 38.9. The monoisotopic (exact) mass is 1530 g/mol. The highest BCUT2D eigenvalue weighted by molar-refractivity contribution is 7.91. The maximum absolute atomic E-state index is 14.8. The molecule has 0 radical (unpaired) electrons. The van der Waals surface area contributed by atoms with Gasteiger partial charge >= 0.3 is 11.9 Å². The van der Waals surface area contributed by atoms with Gasteiger partial charge in [-0.05, 0) is 180 Å². The molecule has 24 nitrogen and oxygen atoms in total. The van der Waals surface area contributed by atoms with E-state index < -0.39 is 112 Å². The normalized spacial score (nSPS) is 30.0. The predicted octanol–water partition coefficient (Wildman–Crippen LogP) is 11.8. The first kappa shape index (κ1) is 81.0. The van der Waals surface area contributed by atoms with Gasteiger partial charge in [0.1, 0.15) is 34.9 Å². The average Bonchev–Trinajstić information content (AvgIpc) is 1.57. The molecule has 8 aliphatic rings. The number of amides is 4. The summed E-state index contributed by atoms with van der Waals surface area (Å²) in [5, 5.41) is 1.87. The number of allylic oxidation sites excluding steroid dienone is 4. The SMILES string of the molecule is CCOc1cnc(O[C@@H]2C[C@H]3C(=O)C[C@]4(C(=O)NS(=O)(=O)C5CC5)C[C@H]4/C=C\CC[C@@H](C)C[C@@H](C)[C@H](CC(=O)OC(C)(C)C)C(=O)N3C2)c2ccccc12.CCOc1cnc(O[C@@H]2C[C@H]3C(=O)C[C@]4(C(=O)NS(=O)(=O)C5CC5)C[C@H]4/C=C\CC[C@H](C)C[C@@H](C)[C@H](CC(=O)OC(C)(C)C)C(=O)N3C2)c2ccccc12. The molecule has 2 saturated heterocycles. The number of Topliss-reactive ketones (excluding diaryl/α,β-unsaturated/α-hetero) is 2. The zero-order chi connectivity index (χ0) is 78.0. The van der Waals surface area contributed by atoms with E-state index in [-0.39, 0.29) is 111 Å². The van der Waals surface area contributed by atoms with Crippen molar-refractivity contribution in [1.29, 1.82) is 0 Å². The first-order valence-corrected chi connectivity index (χ1v) is 42.0. The molecule has 4 amide bonds. The van der Waals surface area contributed by atoms with E-state index in [1.54, 1.807) is 53.9 Å². The van der Waals surface area contributed by atoms with E-state index in [9.17, 15) is 55.2 Å². The lowest BCUT2D eigenvalue weighted by Crippen LogP contribution is -2.47. The van der Waals surface area contributed by atoms with Crippen LogP contribution in [-0.4, -0.2) is 156 Å². The second-order valence-corrected chi connectivity index (χ2v) is 37.7. The van der Waals surface area contributed by atoms with Gasteiger partial charge in [-0.2, -0.15) is 0 Å². The quantitative estimate of drug-likeness (QED) is 0.0690. The van der Waals surface area contributed by atoms with E-state index in [0.717, 1.165) is 47.2 Å². The number of carbonyl (C=O) groups excluding carboxylic acids is 8. The summed E-state index contributed by atoms with van der Waals surface area (Å²) in [6, 6.07) is 13.2. The third-order valence-electron chi connectivity index (χ3n) is 22.5. The molecule has 4 aromatic rings. The molecular formula is C82H110N6O18S2. The van der Waals surface area contributed by atoms with Gasteiger partial charge in [-0.25, -0.2) is 26.8 Å². The fourth-order valence-electron chi connectivity index (χ4n) is 16.4. The Morgan fingerprint density at radius 2 is 0.889 bits per heavy atom. The summed E-state index contributed by atoms with van der Waals surface area (Å²) in [6.07, 6.45) is 16.5. The van der Waals surface area contributed by atoms with Crippen molar-refractivity contribution in [2.24, 2.45) is 58.2 Å². The van der Waals surface area contributed by atoms with Gasteiger partial charge in [0.15, 0.2) is 11.6 Å². The molecule has 588 valence electrons. The molecule has 2 aromatic heterocycles. The van der Waals surface area contributed by atoms with Gasteiger partial charge in [-0.1, -0.05) is 88.4 Å². The maximum atomic E-state index is 14.8. The summed E-state index contributed by atoms with van der Waals surface area (Å²) in [7, 11) is -7.70. The van der Waals surface area contributed by atoms with Gasteiger partial charge in [0.25, 0.3) is 0 Å². The Bertz CT molecular complexity index is 4080. The van der Waals surface area contributed by atoms with Crippen molar-refractivity contribution in [2.75, 3.05) is 26.3 Å². The van der Waals surface area contributed by atoms with Gasteiger partial charge in [-0.15, -0.1) is 0 Å². The lowest BCUT2D eigenvalue weighted by molar-refractivity contribution is -0.160. The van der Waals surface area contributed by atoms with Crippen LogP contribution in [0.1, 0.15) is 199 Å². The van der Waals surface area contributed by atoms with Gasteiger partial charge in [0, 0.05) is 47.2 Å². The summed E-state index contributed by atoms with van der Waals surface area (Å²) in [5.41, 5.74) is -3.98. The van der Waals surface area contributed by atoms with Crippen molar-refractivity contribution in [3.8, 4) is 23.3 Å². The third kappa shape index (κ3) is 19.4. The first-order chi connectivity index (χ1) is 51.0. The number of ether oxygens (including phenoxy) is 6. The molecule has 4 aliphatic heterocycles. The zero-order valence-corrected chi connectivity index (χ0v) is 66.3. The van der Waals surface area contributed by atoms with Crippen molar-refractivity contribution >= 4 is 88.7 Å². The van der Waals surface area contributed by atoms with Crippen molar-refractivity contribution in [3.63, 3.8) is 0 Å². The summed E-state index contributed by atoms with van der Waals surface area (Å²) in [6.45, 7) is 23.7. The van der Waals surface area contributed by atoms with Crippen LogP contribution >= 0.6 is 0 Å². The number of carbonyl (C=O) groups is 8. The van der Waals surface area contributed by atoms with E-state index in [1.807, 2.05) is 101 Å². The Morgan fingerprint density at radius 3 is 1.23 bits per heavy atom. The predicted molar refractivity (Wildman–Crippen MR) is 406 cm³/mol. The Balaban J connectivity index is 0.000000215. The molecule has 6 heterocycles. The van der Waals surface area contributed by atoms with Gasteiger partial charge < -0.3 is 38.2 Å². The molecule has 14 atom stereocenters. The van der Waals surface area contributed by atoms with Crippen molar-refractivity contribution in [3.05, 3.63) is 85.2 Å². The summed E-state index contributed by atoms with van der Waals surface area (Å²) in [4.78, 5) is 125. The number of hydrogen-bond donors (Lipinski definition) is 2. The number of pyridine rings is 2. The van der Waals surface area contributed by atoms with Crippen LogP contribution in [0.2, 0.25) is 0 Å². The molecule has 4 saturated carbocycles. The topological polar surface area (TPSA) is 317 Å². The molecule has 2 aromatic carbocycles. The van der Waals surface area contributed by atoms with E-state index in [2.05, 4.69) is 33.3 Å². The van der Waals surface area contributed by atoms with Crippen LogP contribution in [0.3, 0.4) is 0 Å². The minimum Gasteiger partial charge on any atom is -0.492 e. The Labute approximate surface area is 635 Å². The van der Waals surface area contributed by atoms with Crippen LogP contribution in [0.25, 0.3) is 21.5 Å². The minimum absolute atomic E-state index is 0.0597. The smallest absolute Gasteiger partial charge is 0.307 e. The van der Waals surface area contributed by atoms with E-state index in [4.69, 9.17) is 28.4 Å². The third-order valence-corrected chi connectivity index (χ3v) is 26.2. The largest absolute Gasteiger partial charge is 0.492 e.